The number of aliphatic hydroxyl groups excluding tert-OH is 1. The zero-order valence-electron chi connectivity index (χ0n) is 17.8. The number of nitrogens with one attached hydrogen (secondary N) is 1. The molecule has 2 heterocycles. The molecular formula is C25H30N2O4. The first-order chi connectivity index (χ1) is 15.1. The Kier molecular flexibility index (Phi) is 7.12. The van der Waals surface area contributed by atoms with Crippen molar-refractivity contribution in [3.63, 3.8) is 0 Å². The summed E-state index contributed by atoms with van der Waals surface area (Å²) in [5, 5.41) is 14.0. The third-order valence-electron chi connectivity index (χ3n) is 6.21. The molecule has 1 fully saturated rings. The molecule has 1 amide bonds. The normalized spacial score (nSPS) is 19.9. The predicted octanol–water partition coefficient (Wildman–Crippen LogP) is 2.59. The SMILES string of the molecule is O=C(CC[C@@H](O)[C@@H]1Cc2ccccc2CN1)c1ccc(C(=O)N2CCCOCC2)cc1. The van der Waals surface area contributed by atoms with Gasteiger partial charge in [-0.15, -0.1) is 0 Å². The minimum absolute atomic E-state index is 0.0163. The monoisotopic (exact) mass is 422 g/mol. The molecule has 0 radical (unpaired) electrons. The standard InChI is InChI=1S/C25H30N2O4/c28-23(10-11-24(29)22-16-20-4-1-2-5-21(20)17-26-22)18-6-8-19(9-7-18)25(30)27-12-3-14-31-15-13-27/h1-2,4-9,22,24,26,29H,3,10-17H2/t22-,24+/m0/s1. The van der Waals surface area contributed by atoms with Crippen molar-refractivity contribution >= 4 is 11.7 Å². The van der Waals surface area contributed by atoms with Gasteiger partial charge in [0.25, 0.3) is 5.91 Å². The summed E-state index contributed by atoms with van der Waals surface area (Å²) in [7, 11) is 0. The van der Waals surface area contributed by atoms with Crippen LogP contribution in [-0.4, -0.2) is 60.1 Å². The Balaban J connectivity index is 1.29. The average Bonchev–Trinajstić information content (AvgIpc) is 3.11. The van der Waals surface area contributed by atoms with Gasteiger partial charge in [0, 0.05) is 49.8 Å². The predicted molar refractivity (Wildman–Crippen MR) is 118 cm³/mol. The lowest BCUT2D eigenvalue weighted by molar-refractivity contribution is 0.0740. The smallest absolute Gasteiger partial charge is 0.253 e. The molecule has 4 rings (SSSR count). The summed E-state index contributed by atoms with van der Waals surface area (Å²) >= 11 is 0. The van der Waals surface area contributed by atoms with E-state index in [9.17, 15) is 14.7 Å². The molecule has 0 bridgehead atoms. The maximum absolute atomic E-state index is 12.7. The van der Waals surface area contributed by atoms with Gasteiger partial charge in [0.2, 0.25) is 0 Å². The minimum Gasteiger partial charge on any atom is -0.391 e. The van der Waals surface area contributed by atoms with E-state index >= 15 is 0 Å². The molecule has 2 aromatic rings. The molecule has 164 valence electrons. The number of nitrogens with zero attached hydrogens (tertiary/aromatic N) is 1. The van der Waals surface area contributed by atoms with Gasteiger partial charge in [0.15, 0.2) is 5.78 Å². The molecule has 0 aliphatic carbocycles. The number of fused-ring (bicyclic) bond motifs is 1. The fourth-order valence-electron chi connectivity index (χ4n) is 4.31. The molecule has 2 aliphatic heterocycles. The van der Waals surface area contributed by atoms with Crippen molar-refractivity contribution in [3.05, 3.63) is 70.8 Å². The van der Waals surface area contributed by atoms with Crippen LogP contribution in [0.15, 0.2) is 48.5 Å². The second kappa shape index (κ2) is 10.2. The van der Waals surface area contributed by atoms with Crippen molar-refractivity contribution in [3.8, 4) is 0 Å². The van der Waals surface area contributed by atoms with Crippen molar-refractivity contribution < 1.29 is 19.4 Å². The number of hydrogen-bond donors (Lipinski definition) is 2. The number of ether oxygens (including phenoxy) is 1. The molecule has 2 N–H and O–H groups in total. The lowest BCUT2D eigenvalue weighted by Gasteiger charge is -2.29. The topological polar surface area (TPSA) is 78.9 Å². The number of amides is 1. The number of Topliss-reactive ketones (excluding diaryl/α,β-unsaturated/α-hetero) is 1. The lowest BCUT2D eigenvalue weighted by atomic mass is 9.90. The maximum atomic E-state index is 12.7. The molecule has 6 heteroatoms. The lowest BCUT2D eigenvalue weighted by Crippen LogP contribution is -2.44. The average molecular weight is 423 g/mol. The van der Waals surface area contributed by atoms with Crippen LogP contribution >= 0.6 is 0 Å². The Labute approximate surface area is 183 Å². The van der Waals surface area contributed by atoms with Crippen LogP contribution in [0.2, 0.25) is 0 Å². The zero-order valence-corrected chi connectivity index (χ0v) is 17.8. The van der Waals surface area contributed by atoms with Crippen molar-refractivity contribution in [2.45, 2.75) is 44.4 Å². The van der Waals surface area contributed by atoms with Gasteiger partial charge < -0.3 is 20.1 Å². The van der Waals surface area contributed by atoms with Crippen LogP contribution in [0.1, 0.15) is 51.1 Å². The van der Waals surface area contributed by atoms with E-state index in [0.29, 0.717) is 43.9 Å². The summed E-state index contributed by atoms with van der Waals surface area (Å²) < 4.78 is 5.41. The highest BCUT2D eigenvalue weighted by Crippen LogP contribution is 2.20. The summed E-state index contributed by atoms with van der Waals surface area (Å²) in [6.45, 7) is 3.27. The number of benzene rings is 2. The summed E-state index contributed by atoms with van der Waals surface area (Å²) in [5.74, 6) is -0.0407. The van der Waals surface area contributed by atoms with Crippen LogP contribution in [0, 0.1) is 0 Å². The fraction of sp³-hybridized carbons (Fsp3) is 0.440. The van der Waals surface area contributed by atoms with Gasteiger partial charge in [-0.3, -0.25) is 9.59 Å². The first-order valence-electron chi connectivity index (χ1n) is 11.1. The van der Waals surface area contributed by atoms with Crippen LogP contribution in [0.5, 0.6) is 0 Å². The van der Waals surface area contributed by atoms with Gasteiger partial charge in [0.1, 0.15) is 0 Å². The van der Waals surface area contributed by atoms with E-state index < -0.39 is 6.10 Å². The molecular weight excluding hydrogens is 392 g/mol. The number of carbonyl (C=O) groups is 2. The molecule has 1 saturated heterocycles. The largest absolute Gasteiger partial charge is 0.391 e. The van der Waals surface area contributed by atoms with Gasteiger partial charge in [-0.25, -0.2) is 0 Å². The Hall–Kier alpha value is -2.54. The third kappa shape index (κ3) is 5.39. The van der Waals surface area contributed by atoms with E-state index in [1.807, 2.05) is 12.1 Å². The van der Waals surface area contributed by atoms with Gasteiger partial charge in [-0.1, -0.05) is 36.4 Å². The fourth-order valence-corrected chi connectivity index (χ4v) is 4.31. The molecule has 0 unspecified atom stereocenters. The van der Waals surface area contributed by atoms with E-state index in [0.717, 1.165) is 19.4 Å². The first-order valence-corrected chi connectivity index (χ1v) is 11.1. The number of hydrogen-bond acceptors (Lipinski definition) is 5. The Morgan fingerprint density at radius 1 is 1.03 bits per heavy atom. The van der Waals surface area contributed by atoms with E-state index in [4.69, 9.17) is 4.74 Å². The van der Waals surface area contributed by atoms with Crippen molar-refractivity contribution in [2.24, 2.45) is 0 Å². The molecule has 6 nitrogen and oxygen atoms in total. The van der Waals surface area contributed by atoms with Gasteiger partial charge >= 0.3 is 0 Å². The highest BCUT2D eigenvalue weighted by molar-refractivity contribution is 5.98. The summed E-state index contributed by atoms with van der Waals surface area (Å²) in [4.78, 5) is 27.1. The highest BCUT2D eigenvalue weighted by atomic mass is 16.5. The number of carbonyl (C=O) groups excluding carboxylic acids is 2. The molecule has 2 aliphatic rings. The second-order valence-electron chi connectivity index (χ2n) is 8.32. The van der Waals surface area contributed by atoms with E-state index in [1.165, 1.54) is 11.1 Å². The second-order valence-corrected chi connectivity index (χ2v) is 8.32. The highest BCUT2D eigenvalue weighted by Gasteiger charge is 2.25. The molecule has 2 aromatic carbocycles. The van der Waals surface area contributed by atoms with E-state index in [1.54, 1.807) is 29.2 Å². The van der Waals surface area contributed by atoms with Crippen molar-refractivity contribution in [2.75, 3.05) is 26.3 Å². The first kappa shape index (κ1) is 21.7. The number of rotatable bonds is 6. The van der Waals surface area contributed by atoms with Gasteiger partial charge in [-0.2, -0.15) is 0 Å². The Morgan fingerprint density at radius 3 is 2.58 bits per heavy atom. The van der Waals surface area contributed by atoms with E-state index in [-0.39, 0.29) is 24.2 Å². The Morgan fingerprint density at radius 2 is 1.77 bits per heavy atom. The molecule has 31 heavy (non-hydrogen) atoms. The van der Waals surface area contributed by atoms with E-state index in [2.05, 4.69) is 17.4 Å². The summed E-state index contributed by atoms with van der Waals surface area (Å²) in [6, 6.07) is 15.1. The van der Waals surface area contributed by atoms with Crippen LogP contribution in [0.25, 0.3) is 0 Å². The van der Waals surface area contributed by atoms with Crippen LogP contribution < -0.4 is 5.32 Å². The number of ketones is 1. The van der Waals surface area contributed by atoms with Crippen LogP contribution in [0.3, 0.4) is 0 Å². The maximum Gasteiger partial charge on any atom is 0.253 e. The van der Waals surface area contributed by atoms with Crippen LogP contribution in [-0.2, 0) is 17.7 Å². The quantitative estimate of drug-likeness (QED) is 0.700. The molecule has 0 saturated carbocycles. The van der Waals surface area contributed by atoms with Gasteiger partial charge in [-0.05, 0) is 42.5 Å². The number of aliphatic hydroxyl groups is 1. The van der Waals surface area contributed by atoms with Crippen molar-refractivity contribution in [1.82, 2.24) is 10.2 Å². The minimum atomic E-state index is -0.580. The molecule has 2 atom stereocenters. The Bertz CT molecular complexity index is 904. The van der Waals surface area contributed by atoms with Gasteiger partial charge in [0.05, 0.1) is 12.7 Å². The third-order valence-corrected chi connectivity index (χ3v) is 6.21. The van der Waals surface area contributed by atoms with Crippen molar-refractivity contribution in [1.29, 1.82) is 0 Å². The van der Waals surface area contributed by atoms with Crippen LogP contribution in [0.4, 0.5) is 0 Å². The molecule has 0 spiro atoms. The summed E-state index contributed by atoms with van der Waals surface area (Å²) in [6.07, 6.45) is 1.71. The summed E-state index contributed by atoms with van der Waals surface area (Å²) in [5.41, 5.74) is 3.69. The molecule has 0 aromatic heterocycles. The zero-order chi connectivity index (χ0) is 21.6.